The Hall–Kier alpha value is -2.54. The fourth-order valence-electron chi connectivity index (χ4n) is 1.52. The maximum Gasteiger partial charge on any atom is 0.268 e. The van der Waals surface area contributed by atoms with Gasteiger partial charge in [-0.3, -0.25) is 20.2 Å². The van der Waals surface area contributed by atoms with Crippen LogP contribution in [-0.2, 0) is 0 Å². The van der Waals surface area contributed by atoms with Crippen LogP contribution < -0.4 is 5.32 Å². The highest BCUT2D eigenvalue weighted by Crippen LogP contribution is 2.15. The van der Waals surface area contributed by atoms with Gasteiger partial charge in [-0.25, -0.2) is 0 Å². The molecule has 0 bridgehead atoms. The summed E-state index contributed by atoms with van der Waals surface area (Å²) in [6.45, 7) is 0. The smallest absolute Gasteiger partial charge is 0.268 e. The second-order valence-corrected chi connectivity index (χ2v) is 4.63. The molecule has 0 spiro atoms. The lowest BCUT2D eigenvalue weighted by Gasteiger charge is -1.96. The summed E-state index contributed by atoms with van der Waals surface area (Å²) in [5, 5.41) is 11.2. The monoisotopic (exact) mass is 271 g/mol. The van der Waals surface area contributed by atoms with E-state index in [1.807, 2.05) is 23.6 Å². The van der Waals surface area contributed by atoms with Gasteiger partial charge in [0.05, 0.1) is 4.88 Å². The van der Waals surface area contributed by atoms with Crippen LogP contribution in [0.3, 0.4) is 0 Å². The Morgan fingerprint density at radius 1 is 1.32 bits per heavy atom. The van der Waals surface area contributed by atoms with Gasteiger partial charge in [0.1, 0.15) is 0 Å². The number of carbonyl (C=O) groups excluding carboxylic acids is 1. The lowest BCUT2D eigenvalue weighted by molar-refractivity contribution is 0.102. The van der Waals surface area contributed by atoms with Crippen molar-refractivity contribution in [1.29, 1.82) is 0 Å². The third kappa shape index (κ3) is 2.50. The molecule has 0 saturated carbocycles. The van der Waals surface area contributed by atoms with E-state index in [4.69, 9.17) is 0 Å². The molecule has 3 heterocycles. The standard InChI is InChI=1S/C12H9N5OS/c18-11(9-4-2-6-19-9)15-12-14-10(16-17-12)8-3-1-5-13-7-8/h1-7H,(H2,14,15,16,17,18). The van der Waals surface area contributed by atoms with E-state index >= 15 is 0 Å². The van der Waals surface area contributed by atoms with Crippen LogP contribution in [-0.4, -0.2) is 26.1 Å². The third-order valence-corrected chi connectivity index (χ3v) is 3.26. The van der Waals surface area contributed by atoms with E-state index < -0.39 is 0 Å². The molecule has 0 fully saturated rings. The zero-order valence-corrected chi connectivity index (χ0v) is 10.5. The average Bonchev–Trinajstić information content (AvgIpc) is 3.11. The Kier molecular flexibility index (Phi) is 3.03. The van der Waals surface area contributed by atoms with E-state index in [0.717, 1.165) is 5.56 Å². The molecule has 0 aliphatic rings. The number of thiophene rings is 1. The highest BCUT2D eigenvalue weighted by molar-refractivity contribution is 7.12. The number of anilines is 1. The minimum Gasteiger partial charge on any atom is -0.288 e. The van der Waals surface area contributed by atoms with Crippen LogP contribution in [0.1, 0.15) is 9.67 Å². The molecular formula is C12H9N5OS. The van der Waals surface area contributed by atoms with Crippen molar-refractivity contribution >= 4 is 23.2 Å². The Morgan fingerprint density at radius 3 is 3.00 bits per heavy atom. The van der Waals surface area contributed by atoms with Crippen LogP contribution in [0.2, 0.25) is 0 Å². The van der Waals surface area contributed by atoms with Gasteiger partial charge in [0.15, 0.2) is 5.82 Å². The molecule has 0 saturated heterocycles. The van der Waals surface area contributed by atoms with Gasteiger partial charge in [-0.2, -0.15) is 4.98 Å². The molecule has 0 aliphatic carbocycles. The lowest BCUT2D eigenvalue weighted by atomic mass is 10.3. The molecule has 2 N–H and O–H groups in total. The first-order chi connectivity index (χ1) is 9.33. The minimum absolute atomic E-state index is 0.216. The molecular weight excluding hydrogens is 262 g/mol. The maximum absolute atomic E-state index is 11.8. The van der Waals surface area contributed by atoms with Gasteiger partial charge in [0.2, 0.25) is 5.95 Å². The maximum atomic E-state index is 11.8. The Bertz CT molecular complexity index is 677. The van der Waals surface area contributed by atoms with Crippen LogP contribution in [0, 0.1) is 0 Å². The first-order valence-electron chi connectivity index (χ1n) is 5.50. The number of aromatic amines is 1. The van der Waals surface area contributed by atoms with Crippen LogP contribution in [0.25, 0.3) is 11.4 Å². The van der Waals surface area contributed by atoms with Gasteiger partial charge in [-0.15, -0.1) is 16.4 Å². The minimum atomic E-state index is -0.216. The molecule has 0 radical (unpaired) electrons. The fraction of sp³-hybridized carbons (Fsp3) is 0. The quantitative estimate of drug-likeness (QED) is 0.764. The summed E-state index contributed by atoms with van der Waals surface area (Å²) in [4.78, 5) is 20.6. The molecule has 19 heavy (non-hydrogen) atoms. The normalized spacial score (nSPS) is 10.3. The molecule has 0 unspecified atom stereocenters. The summed E-state index contributed by atoms with van der Waals surface area (Å²) in [6.07, 6.45) is 3.35. The molecule has 0 atom stereocenters. The summed E-state index contributed by atoms with van der Waals surface area (Å²) < 4.78 is 0. The van der Waals surface area contributed by atoms with Crippen molar-refractivity contribution in [3.8, 4) is 11.4 Å². The molecule has 3 aromatic heterocycles. The van der Waals surface area contributed by atoms with Crippen LogP contribution in [0.5, 0.6) is 0 Å². The zero-order valence-electron chi connectivity index (χ0n) is 9.70. The summed E-state index contributed by atoms with van der Waals surface area (Å²) >= 11 is 1.37. The van der Waals surface area contributed by atoms with Crippen molar-refractivity contribution in [2.24, 2.45) is 0 Å². The predicted octanol–water partition coefficient (Wildman–Crippen LogP) is 2.18. The Labute approximate surface area is 112 Å². The van der Waals surface area contributed by atoms with Crippen molar-refractivity contribution in [3.05, 3.63) is 46.9 Å². The van der Waals surface area contributed by atoms with E-state index in [2.05, 4.69) is 25.5 Å². The number of amides is 1. The van der Waals surface area contributed by atoms with Gasteiger partial charge >= 0.3 is 0 Å². The second-order valence-electron chi connectivity index (χ2n) is 3.68. The SMILES string of the molecule is O=C(Nc1n[nH]c(-c2cccnc2)n1)c1cccs1. The largest absolute Gasteiger partial charge is 0.288 e. The number of nitrogens with zero attached hydrogens (tertiary/aromatic N) is 3. The molecule has 3 aromatic rings. The molecule has 6 nitrogen and oxygen atoms in total. The summed E-state index contributed by atoms with van der Waals surface area (Å²) in [5.41, 5.74) is 0.812. The third-order valence-electron chi connectivity index (χ3n) is 2.39. The highest BCUT2D eigenvalue weighted by atomic mass is 32.1. The number of hydrogen-bond donors (Lipinski definition) is 2. The Balaban J connectivity index is 1.77. The fourth-order valence-corrected chi connectivity index (χ4v) is 2.14. The molecule has 1 amide bonds. The van der Waals surface area contributed by atoms with Gasteiger partial charge in [-0.05, 0) is 23.6 Å². The van der Waals surface area contributed by atoms with Crippen LogP contribution in [0.4, 0.5) is 5.95 Å². The second kappa shape index (κ2) is 4.99. The first kappa shape index (κ1) is 11.5. The van der Waals surface area contributed by atoms with E-state index in [0.29, 0.717) is 10.7 Å². The Morgan fingerprint density at radius 2 is 2.26 bits per heavy atom. The van der Waals surface area contributed by atoms with Crippen molar-refractivity contribution < 1.29 is 4.79 Å². The molecule has 3 rings (SSSR count). The molecule has 0 aromatic carbocycles. The number of rotatable bonds is 3. The predicted molar refractivity (Wildman–Crippen MR) is 71.9 cm³/mol. The topological polar surface area (TPSA) is 83.6 Å². The summed E-state index contributed by atoms with van der Waals surface area (Å²) in [6, 6.07) is 7.23. The van der Waals surface area contributed by atoms with Crippen LogP contribution >= 0.6 is 11.3 Å². The van der Waals surface area contributed by atoms with Crippen molar-refractivity contribution in [2.45, 2.75) is 0 Å². The number of nitrogens with one attached hydrogen (secondary N) is 2. The zero-order chi connectivity index (χ0) is 13.1. The van der Waals surface area contributed by atoms with Gasteiger partial charge in [0, 0.05) is 18.0 Å². The van der Waals surface area contributed by atoms with E-state index in [1.165, 1.54) is 11.3 Å². The average molecular weight is 271 g/mol. The van der Waals surface area contributed by atoms with Gasteiger partial charge in [-0.1, -0.05) is 6.07 Å². The lowest BCUT2D eigenvalue weighted by Crippen LogP contribution is -2.11. The molecule has 7 heteroatoms. The number of H-pyrrole nitrogens is 1. The number of aromatic nitrogens is 4. The van der Waals surface area contributed by atoms with E-state index in [9.17, 15) is 4.79 Å². The molecule has 94 valence electrons. The summed E-state index contributed by atoms with van der Waals surface area (Å²) in [5.74, 6) is 0.596. The van der Waals surface area contributed by atoms with Crippen molar-refractivity contribution in [3.63, 3.8) is 0 Å². The number of carbonyl (C=O) groups is 1. The highest BCUT2D eigenvalue weighted by Gasteiger charge is 2.11. The number of hydrogen-bond acceptors (Lipinski definition) is 5. The van der Waals surface area contributed by atoms with Crippen molar-refractivity contribution in [1.82, 2.24) is 20.2 Å². The van der Waals surface area contributed by atoms with E-state index in [-0.39, 0.29) is 11.9 Å². The van der Waals surface area contributed by atoms with Gasteiger partial charge in [0.25, 0.3) is 5.91 Å². The van der Waals surface area contributed by atoms with Crippen LogP contribution in [0.15, 0.2) is 42.0 Å². The molecule has 0 aliphatic heterocycles. The van der Waals surface area contributed by atoms with E-state index in [1.54, 1.807) is 18.5 Å². The number of pyridine rings is 1. The van der Waals surface area contributed by atoms with Gasteiger partial charge < -0.3 is 0 Å². The van der Waals surface area contributed by atoms with Crippen molar-refractivity contribution in [2.75, 3.05) is 5.32 Å². The summed E-state index contributed by atoms with van der Waals surface area (Å²) in [7, 11) is 0. The first-order valence-corrected chi connectivity index (χ1v) is 6.38.